The van der Waals surface area contributed by atoms with Crippen molar-refractivity contribution in [3.05, 3.63) is 29.8 Å². The number of rotatable bonds is 6. The minimum absolute atomic E-state index is 0.0165. The van der Waals surface area contributed by atoms with E-state index in [4.69, 9.17) is 10.5 Å². The number of nitrogens with two attached hydrogens (primary N) is 1. The molecule has 1 atom stereocenters. The molecular formula is C14H20N2O4S. The van der Waals surface area contributed by atoms with E-state index in [2.05, 4.69) is 5.32 Å². The largest absolute Gasteiger partial charge is 0.484 e. The van der Waals surface area contributed by atoms with Crippen molar-refractivity contribution in [2.24, 2.45) is 11.7 Å². The summed E-state index contributed by atoms with van der Waals surface area (Å²) in [5.74, 6) is 0.752. The Hall–Kier alpha value is -1.60. The van der Waals surface area contributed by atoms with Crippen molar-refractivity contribution in [1.29, 1.82) is 0 Å². The van der Waals surface area contributed by atoms with E-state index >= 15 is 0 Å². The van der Waals surface area contributed by atoms with Crippen LogP contribution in [0.25, 0.3) is 0 Å². The maximum Gasteiger partial charge on any atom is 0.257 e. The molecular weight excluding hydrogens is 292 g/mol. The lowest BCUT2D eigenvalue weighted by atomic mass is 10.1. The van der Waals surface area contributed by atoms with Crippen LogP contribution in [-0.4, -0.2) is 39.0 Å². The molecule has 1 amide bonds. The molecule has 6 nitrogen and oxygen atoms in total. The van der Waals surface area contributed by atoms with Crippen LogP contribution in [-0.2, 0) is 21.2 Å². The summed E-state index contributed by atoms with van der Waals surface area (Å²) >= 11 is 0. The second-order valence-electron chi connectivity index (χ2n) is 5.21. The maximum absolute atomic E-state index is 11.7. The number of amides is 1. The third kappa shape index (κ3) is 5.02. The lowest BCUT2D eigenvalue weighted by molar-refractivity contribution is -0.123. The highest BCUT2D eigenvalue weighted by molar-refractivity contribution is 7.91. The van der Waals surface area contributed by atoms with Gasteiger partial charge in [-0.2, -0.15) is 0 Å². The van der Waals surface area contributed by atoms with E-state index in [-0.39, 0.29) is 29.9 Å². The fourth-order valence-corrected chi connectivity index (χ4v) is 4.07. The molecule has 2 rings (SSSR count). The summed E-state index contributed by atoms with van der Waals surface area (Å²) in [5.41, 5.74) is 6.49. The van der Waals surface area contributed by atoms with E-state index in [1.165, 1.54) is 0 Å². The van der Waals surface area contributed by atoms with Gasteiger partial charge in [-0.3, -0.25) is 4.79 Å². The summed E-state index contributed by atoms with van der Waals surface area (Å²) in [6.45, 7) is 0.764. The van der Waals surface area contributed by atoms with Crippen LogP contribution in [0.3, 0.4) is 0 Å². The number of carbonyl (C=O) groups excluding carboxylic acids is 1. The van der Waals surface area contributed by atoms with E-state index in [1.807, 2.05) is 12.1 Å². The average Bonchev–Trinajstić information content (AvgIpc) is 2.83. The topological polar surface area (TPSA) is 98.5 Å². The molecule has 1 saturated heterocycles. The molecule has 0 aliphatic carbocycles. The minimum Gasteiger partial charge on any atom is -0.484 e. The number of hydrogen-bond acceptors (Lipinski definition) is 5. The standard InChI is InChI=1S/C14H20N2O4S/c15-7-11-1-3-13(4-2-11)20-9-14(17)16-8-12-5-6-21(18,19)10-12/h1-4,12H,5-10,15H2,(H,16,17). The van der Waals surface area contributed by atoms with Crippen LogP contribution in [0.5, 0.6) is 5.75 Å². The van der Waals surface area contributed by atoms with Crippen molar-refractivity contribution in [3.8, 4) is 5.75 Å². The quantitative estimate of drug-likeness (QED) is 0.775. The lowest BCUT2D eigenvalue weighted by Crippen LogP contribution is -2.33. The van der Waals surface area contributed by atoms with Gasteiger partial charge in [0, 0.05) is 13.1 Å². The van der Waals surface area contributed by atoms with Crippen LogP contribution in [0, 0.1) is 5.92 Å². The highest BCUT2D eigenvalue weighted by Crippen LogP contribution is 2.17. The molecule has 1 aliphatic rings. The zero-order chi connectivity index (χ0) is 15.3. The molecule has 21 heavy (non-hydrogen) atoms. The molecule has 116 valence electrons. The molecule has 1 fully saturated rings. The zero-order valence-electron chi connectivity index (χ0n) is 11.7. The van der Waals surface area contributed by atoms with Crippen molar-refractivity contribution in [1.82, 2.24) is 5.32 Å². The first kappa shape index (κ1) is 15.8. The van der Waals surface area contributed by atoms with Crippen molar-refractivity contribution in [2.75, 3.05) is 24.7 Å². The molecule has 0 spiro atoms. The third-order valence-electron chi connectivity index (χ3n) is 3.44. The number of nitrogens with one attached hydrogen (secondary N) is 1. The first-order chi connectivity index (χ1) is 9.98. The number of hydrogen-bond donors (Lipinski definition) is 2. The predicted molar refractivity (Wildman–Crippen MR) is 79.6 cm³/mol. The van der Waals surface area contributed by atoms with E-state index in [1.54, 1.807) is 12.1 Å². The maximum atomic E-state index is 11.7. The normalized spacial score (nSPS) is 20.1. The Morgan fingerprint density at radius 3 is 2.62 bits per heavy atom. The molecule has 1 heterocycles. The van der Waals surface area contributed by atoms with Crippen LogP contribution in [0.1, 0.15) is 12.0 Å². The van der Waals surface area contributed by atoms with Crippen molar-refractivity contribution < 1.29 is 17.9 Å². The first-order valence-corrected chi connectivity index (χ1v) is 8.69. The van der Waals surface area contributed by atoms with E-state index < -0.39 is 9.84 Å². The van der Waals surface area contributed by atoms with E-state index in [0.29, 0.717) is 25.3 Å². The predicted octanol–water partition coefficient (Wildman–Crippen LogP) is 0.0750. The minimum atomic E-state index is -2.90. The van der Waals surface area contributed by atoms with Gasteiger partial charge in [0.15, 0.2) is 16.4 Å². The van der Waals surface area contributed by atoms with Crippen molar-refractivity contribution in [2.45, 2.75) is 13.0 Å². The van der Waals surface area contributed by atoms with Gasteiger partial charge in [-0.05, 0) is 30.0 Å². The van der Waals surface area contributed by atoms with Gasteiger partial charge in [0.05, 0.1) is 11.5 Å². The molecule has 0 radical (unpaired) electrons. The second-order valence-corrected chi connectivity index (χ2v) is 7.44. The molecule has 1 aromatic rings. The Balaban J connectivity index is 1.70. The highest BCUT2D eigenvalue weighted by atomic mass is 32.2. The Bertz CT molecular complexity index is 583. The van der Waals surface area contributed by atoms with Gasteiger partial charge in [-0.25, -0.2) is 8.42 Å². The molecule has 1 aliphatic heterocycles. The molecule has 0 saturated carbocycles. The summed E-state index contributed by atoms with van der Waals surface area (Å²) in [4.78, 5) is 11.7. The Morgan fingerprint density at radius 1 is 1.33 bits per heavy atom. The SMILES string of the molecule is NCc1ccc(OCC(=O)NCC2CCS(=O)(=O)C2)cc1. The van der Waals surface area contributed by atoms with E-state index in [9.17, 15) is 13.2 Å². The van der Waals surface area contributed by atoms with Crippen LogP contribution in [0.4, 0.5) is 0 Å². The number of carbonyl (C=O) groups is 1. The Kier molecular flexibility index (Phi) is 5.19. The fourth-order valence-electron chi connectivity index (χ4n) is 2.21. The van der Waals surface area contributed by atoms with Crippen LogP contribution >= 0.6 is 0 Å². The summed E-state index contributed by atoms with van der Waals surface area (Å²) in [5, 5.41) is 2.71. The van der Waals surface area contributed by atoms with Gasteiger partial charge < -0.3 is 15.8 Å². The average molecular weight is 312 g/mol. The summed E-state index contributed by atoms with van der Waals surface area (Å²) in [6, 6.07) is 7.21. The number of ether oxygens (including phenoxy) is 1. The zero-order valence-corrected chi connectivity index (χ0v) is 12.6. The van der Waals surface area contributed by atoms with Crippen LogP contribution in [0.15, 0.2) is 24.3 Å². The molecule has 7 heteroatoms. The molecule has 0 bridgehead atoms. The summed E-state index contributed by atoms with van der Waals surface area (Å²) < 4.78 is 28.0. The third-order valence-corrected chi connectivity index (χ3v) is 5.28. The molecule has 1 unspecified atom stereocenters. The molecule has 1 aromatic carbocycles. The van der Waals surface area contributed by atoms with Crippen LogP contribution < -0.4 is 15.8 Å². The smallest absolute Gasteiger partial charge is 0.257 e. The number of benzene rings is 1. The number of sulfone groups is 1. The lowest BCUT2D eigenvalue weighted by Gasteiger charge is -2.10. The van der Waals surface area contributed by atoms with Gasteiger partial charge >= 0.3 is 0 Å². The fraction of sp³-hybridized carbons (Fsp3) is 0.500. The van der Waals surface area contributed by atoms with Crippen LogP contribution in [0.2, 0.25) is 0 Å². The monoisotopic (exact) mass is 312 g/mol. The van der Waals surface area contributed by atoms with Gasteiger partial charge in [-0.15, -0.1) is 0 Å². The van der Waals surface area contributed by atoms with Gasteiger partial charge in [-0.1, -0.05) is 12.1 Å². The van der Waals surface area contributed by atoms with E-state index in [0.717, 1.165) is 5.56 Å². The van der Waals surface area contributed by atoms with Gasteiger partial charge in [0.25, 0.3) is 5.91 Å². The first-order valence-electron chi connectivity index (χ1n) is 6.87. The second kappa shape index (κ2) is 6.91. The Morgan fingerprint density at radius 2 is 2.05 bits per heavy atom. The van der Waals surface area contributed by atoms with Crippen molar-refractivity contribution >= 4 is 15.7 Å². The van der Waals surface area contributed by atoms with Gasteiger partial charge in [0.1, 0.15) is 5.75 Å². The molecule has 0 aromatic heterocycles. The van der Waals surface area contributed by atoms with Crippen molar-refractivity contribution in [3.63, 3.8) is 0 Å². The Labute approximate surface area is 124 Å². The molecule has 3 N–H and O–H groups in total. The van der Waals surface area contributed by atoms with Gasteiger partial charge in [0.2, 0.25) is 0 Å². The summed E-state index contributed by atoms with van der Waals surface area (Å²) in [6.07, 6.45) is 0.615. The highest BCUT2D eigenvalue weighted by Gasteiger charge is 2.27. The summed E-state index contributed by atoms with van der Waals surface area (Å²) in [7, 11) is -2.90.